The summed E-state index contributed by atoms with van der Waals surface area (Å²) in [4.78, 5) is 16.0. The van der Waals surface area contributed by atoms with Gasteiger partial charge in [0.25, 0.3) is 0 Å². The second kappa shape index (κ2) is 10.4. The van der Waals surface area contributed by atoms with Gasteiger partial charge in [-0.15, -0.1) is 0 Å². The topological polar surface area (TPSA) is 120 Å². The van der Waals surface area contributed by atoms with Gasteiger partial charge >= 0.3 is 6.18 Å². The highest BCUT2D eigenvalue weighted by molar-refractivity contribution is 6.30. The fourth-order valence-electron chi connectivity index (χ4n) is 3.13. The fourth-order valence-corrected chi connectivity index (χ4v) is 3.24. The molecule has 0 spiro atoms. The molecule has 4 heterocycles. The summed E-state index contributed by atoms with van der Waals surface area (Å²) in [6.45, 7) is 2.09. The molecule has 0 bridgehead atoms. The molecule has 2 atom stereocenters. The molecule has 0 aromatic carbocycles. The minimum atomic E-state index is -4.65. The Morgan fingerprint density at radius 3 is 2.69 bits per heavy atom. The summed E-state index contributed by atoms with van der Waals surface area (Å²) in [5, 5.41) is 18.2. The van der Waals surface area contributed by atoms with Crippen LogP contribution in [0.1, 0.15) is 12.5 Å². The number of rotatable bonds is 9. The van der Waals surface area contributed by atoms with Gasteiger partial charge in [0.1, 0.15) is 23.1 Å². The van der Waals surface area contributed by atoms with Gasteiger partial charge in [0.05, 0.1) is 17.8 Å². The maximum absolute atomic E-state index is 13.5. The maximum Gasteiger partial charge on any atom is 0.420 e. The van der Waals surface area contributed by atoms with Crippen molar-refractivity contribution in [1.29, 1.82) is 0 Å². The van der Waals surface area contributed by atoms with Crippen molar-refractivity contribution in [2.75, 3.05) is 18.5 Å². The lowest BCUT2D eigenvalue weighted by Crippen LogP contribution is -2.41. The minimum absolute atomic E-state index is 0.0136. The molecule has 184 valence electrons. The van der Waals surface area contributed by atoms with E-state index in [0.717, 1.165) is 17.1 Å². The van der Waals surface area contributed by atoms with Crippen molar-refractivity contribution in [3.63, 3.8) is 0 Å². The van der Waals surface area contributed by atoms with Crippen LogP contribution < -0.4 is 10.1 Å². The summed E-state index contributed by atoms with van der Waals surface area (Å²) >= 11 is 5.84. The Bertz CT molecular complexity index is 1290. The number of anilines is 1. The highest BCUT2D eigenvalue weighted by Crippen LogP contribution is 2.34. The molecule has 2 N–H and O–H groups in total. The predicted octanol–water partition coefficient (Wildman–Crippen LogP) is 3.49. The fraction of sp³-hybridized carbons (Fsp3) is 0.286. The van der Waals surface area contributed by atoms with Crippen molar-refractivity contribution in [1.82, 2.24) is 29.7 Å². The van der Waals surface area contributed by atoms with Gasteiger partial charge in [-0.25, -0.2) is 19.9 Å². The molecule has 0 saturated heterocycles. The highest BCUT2D eigenvalue weighted by atomic mass is 35.5. The van der Waals surface area contributed by atoms with Gasteiger partial charge in [0.15, 0.2) is 23.8 Å². The van der Waals surface area contributed by atoms with Crippen LogP contribution in [0.25, 0.3) is 16.9 Å². The molecule has 0 saturated carbocycles. The number of aromatic nitrogens is 6. The maximum atomic E-state index is 13.5. The largest absolute Gasteiger partial charge is 0.466 e. The Labute approximate surface area is 201 Å². The Hall–Kier alpha value is -3.55. The first-order valence-electron chi connectivity index (χ1n) is 10.3. The summed E-state index contributed by atoms with van der Waals surface area (Å²) in [7, 11) is 0. The zero-order valence-electron chi connectivity index (χ0n) is 18.1. The summed E-state index contributed by atoms with van der Waals surface area (Å²) in [5.74, 6) is -0.121. The summed E-state index contributed by atoms with van der Waals surface area (Å²) in [6, 6.07) is 5.25. The molecule has 4 aromatic heterocycles. The van der Waals surface area contributed by atoms with E-state index < -0.39 is 29.9 Å². The van der Waals surface area contributed by atoms with Crippen LogP contribution in [0.15, 0.2) is 49.2 Å². The summed E-state index contributed by atoms with van der Waals surface area (Å²) < 4.78 is 52.8. The van der Waals surface area contributed by atoms with Crippen molar-refractivity contribution >= 4 is 28.5 Å². The number of hydrogen-bond acceptors (Lipinski definition) is 9. The lowest BCUT2D eigenvalue weighted by atomic mass is 10.2. The van der Waals surface area contributed by atoms with Crippen molar-refractivity contribution < 1.29 is 27.8 Å². The minimum Gasteiger partial charge on any atom is -0.466 e. The molecule has 0 aliphatic carbocycles. The number of aliphatic hydroxyl groups is 1. The number of halogens is 4. The molecule has 0 radical (unpaired) electrons. The molecule has 10 nitrogen and oxygen atoms in total. The zero-order chi connectivity index (χ0) is 25.0. The molecule has 35 heavy (non-hydrogen) atoms. The number of aliphatic hydroxyl groups excluding tert-OH is 1. The molecule has 0 amide bonds. The Morgan fingerprint density at radius 2 is 1.97 bits per heavy atom. The number of nitrogens with one attached hydrogen (secondary N) is 1. The second-order valence-corrected chi connectivity index (χ2v) is 7.55. The van der Waals surface area contributed by atoms with Gasteiger partial charge in [-0.3, -0.25) is 0 Å². The van der Waals surface area contributed by atoms with Crippen LogP contribution in [-0.4, -0.2) is 60.4 Å². The van der Waals surface area contributed by atoms with Crippen LogP contribution in [0.3, 0.4) is 0 Å². The number of hydrogen-bond donors (Lipinski definition) is 2. The van der Waals surface area contributed by atoms with Crippen molar-refractivity contribution in [2.45, 2.75) is 25.4 Å². The van der Waals surface area contributed by atoms with E-state index in [1.165, 1.54) is 24.7 Å². The molecule has 4 aromatic rings. The number of alkyl halides is 3. The first-order chi connectivity index (χ1) is 16.8. The van der Waals surface area contributed by atoms with Gasteiger partial charge in [0.2, 0.25) is 5.88 Å². The summed E-state index contributed by atoms with van der Waals surface area (Å²) in [5.41, 5.74) is -0.938. The molecule has 2 unspecified atom stereocenters. The van der Waals surface area contributed by atoms with E-state index in [2.05, 4.69) is 30.4 Å². The van der Waals surface area contributed by atoms with Gasteiger partial charge in [0, 0.05) is 19.0 Å². The number of pyridine rings is 2. The lowest BCUT2D eigenvalue weighted by molar-refractivity contribution is -0.137. The standard InChI is InChI=1S/C21H19ClF3N7O3/c1-2-34-10-15(19(33)31-16-6-5-12(22)8-27-16)35-20-13-9-30-32(17(13)28-11-29-20)18-14(21(23,24)25)4-3-7-26-18/h3-9,11,15,19,33H,2,10H2,1H3,(H,27,31). The third kappa shape index (κ3) is 5.58. The Morgan fingerprint density at radius 1 is 1.14 bits per heavy atom. The highest BCUT2D eigenvalue weighted by Gasteiger charge is 2.35. The van der Waals surface area contributed by atoms with E-state index in [-0.39, 0.29) is 23.5 Å². The number of fused-ring (bicyclic) bond motifs is 1. The van der Waals surface area contributed by atoms with Crippen LogP contribution in [0.4, 0.5) is 19.0 Å². The zero-order valence-corrected chi connectivity index (χ0v) is 18.9. The van der Waals surface area contributed by atoms with Gasteiger partial charge < -0.3 is 19.9 Å². The monoisotopic (exact) mass is 509 g/mol. The van der Waals surface area contributed by atoms with E-state index in [4.69, 9.17) is 21.1 Å². The van der Waals surface area contributed by atoms with Crippen LogP contribution in [0.5, 0.6) is 5.88 Å². The second-order valence-electron chi connectivity index (χ2n) is 7.11. The Kier molecular flexibility index (Phi) is 7.28. The number of nitrogens with zero attached hydrogens (tertiary/aromatic N) is 6. The third-order valence-electron chi connectivity index (χ3n) is 4.75. The molecule has 0 aliphatic heterocycles. The number of ether oxygens (including phenoxy) is 2. The van der Waals surface area contributed by atoms with E-state index in [1.807, 2.05) is 0 Å². The molecule has 14 heteroatoms. The van der Waals surface area contributed by atoms with Gasteiger partial charge in [-0.1, -0.05) is 11.6 Å². The smallest absolute Gasteiger partial charge is 0.420 e. The molecular formula is C21H19ClF3N7O3. The predicted molar refractivity (Wildman–Crippen MR) is 119 cm³/mol. The Balaban J connectivity index is 1.65. The first kappa shape index (κ1) is 24.6. The average molecular weight is 510 g/mol. The lowest BCUT2D eigenvalue weighted by Gasteiger charge is -2.24. The van der Waals surface area contributed by atoms with E-state index in [0.29, 0.717) is 17.4 Å². The summed E-state index contributed by atoms with van der Waals surface area (Å²) in [6.07, 6.45) is -1.91. The third-order valence-corrected chi connectivity index (χ3v) is 4.97. The van der Waals surface area contributed by atoms with Crippen molar-refractivity contribution in [3.8, 4) is 11.7 Å². The quantitative estimate of drug-likeness (QED) is 0.327. The van der Waals surface area contributed by atoms with E-state index in [1.54, 1.807) is 19.1 Å². The molecule has 0 fully saturated rings. The molecule has 4 rings (SSSR count). The van der Waals surface area contributed by atoms with Gasteiger partial charge in [-0.2, -0.15) is 23.0 Å². The van der Waals surface area contributed by atoms with E-state index in [9.17, 15) is 18.3 Å². The molecule has 0 aliphatic rings. The SMILES string of the molecule is CCOCC(Oc1ncnc2c1cnn2-c1ncccc1C(F)(F)F)C(O)Nc1ccc(Cl)cn1. The van der Waals surface area contributed by atoms with E-state index >= 15 is 0 Å². The molecular weight excluding hydrogens is 491 g/mol. The normalized spacial score (nSPS) is 13.5. The van der Waals surface area contributed by atoms with Gasteiger partial charge in [-0.05, 0) is 31.2 Å². The first-order valence-corrected chi connectivity index (χ1v) is 10.7. The van der Waals surface area contributed by atoms with Crippen LogP contribution >= 0.6 is 11.6 Å². The van der Waals surface area contributed by atoms with Crippen LogP contribution in [-0.2, 0) is 10.9 Å². The van der Waals surface area contributed by atoms with Crippen LogP contribution in [0.2, 0.25) is 5.02 Å². The van der Waals surface area contributed by atoms with Crippen molar-refractivity contribution in [3.05, 3.63) is 59.8 Å². The van der Waals surface area contributed by atoms with Crippen LogP contribution in [0, 0.1) is 0 Å². The van der Waals surface area contributed by atoms with Crippen molar-refractivity contribution in [2.24, 2.45) is 0 Å². The average Bonchev–Trinajstić information content (AvgIpc) is 3.27.